The predicted octanol–water partition coefficient (Wildman–Crippen LogP) is 5.95. The molecule has 6 heteroatoms. The van der Waals surface area contributed by atoms with Gasteiger partial charge in [-0.25, -0.2) is 0 Å². The molecule has 2 nitrogen and oxygen atoms in total. The molecule has 0 aliphatic heterocycles. The Morgan fingerprint density at radius 3 is 2.29 bits per heavy atom. The van der Waals surface area contributed by atoms with Gasteiger partial charge in [0.15, 0.2) is 0 Å². The maximum absolute atomic E-state index is 6.10. The van der Waals surface area contributed by atoms with Crippen LogP contribution in [0.2, 0.25) is 10.0 Å². The monoisotopic (exact) mass is 448 g/mol. The summed E-state index contributed by atoms with van der Waals surface area (Å²) in [5.74, 6) is 0. The Bertz CT molecular complexity index is 644. The Morgan fingerprint density at radius 1 is 1.14 bits per heavy atom. The summed E-state index contributed by atoms with van der Waals surface area (Å²) in [4.78, 5) is 0. The van der Waals surface area contributed by atoms with Gasteiger partial charge in [0.25, 0.3) is 0 Å². The van der Waals surface area contributed by atoms with E-state index in [0.29, 0.717) is 16.6 Å². The molecule has 110 valence electrons. The van der Waals surface area contributed by atoms with Crippen molar-refractivity contribution in [1.82, 2.24) is 5.43 Å². The molecule has 0 aromatic heterocycles. The molecule has 0 spiro atoms. The second kappa shape index (κ2) is 7.63. The van der Waals surface area contributed by atoms with E-state index in [4.69, 9.17) is 23.2 Å². The highest BCUT2D eigenvalue weighted by Crippen LogP contribution is 2.26. The van der Waals surface area contributed by atoms with E-state index >= 15 is 0 Å². The molecule has 0 saturated heterocycles. The van der Waals surface area contributed by atoms with Crippen LogP contribution in [-0.2, 0) is 6.54 Å². The Morgan fingerprint density at radius 2 is 1.71 bits per heavy atom. The van der Waals surface area contributed by atoms with Crippen LogP contribution in [0.1, 0.15) is 16.7 Å². The van der Waals surface area contributed by atoms with Gasteiger partial charge in [0.1, 0.15) is 0 Å². The maximum Gasteiger partial charge on any atom is 0.0609 e. The van der Waals surface area contributed by atoms with Gasteiger partial charge in [-0.15, -0.1) is 0 Å². The second-order valence-electron chi connectivity index (χ2n) is 4.40. The van der Waals surface area contributed by atoms with Crippen LogP contribution in [0, 0.1) is 6.92 Å². The maximum atomic E-state index is 6.10. The molecule has 2 aromatic rings. The van der Waals surface area contributed by atoms with E-state index in [1.54, 1.807) is 6.21 Å². The second-order valence-corrected chi connectivity index (χ2v) is 6.93. The van der Waals surface area contributed by atoms with E-state index < -0.39 is 0 Å². The van der Waals surface area contributed by atoms with E-state index in [2.05, 4.69) is 42.4 Å². The number of hydrazone groups is 1. The molecule has 0 unspecified atom stereocenters. The minimum atomic E-state index is 0.475. The summed E-state index contributed by atoms with van der Waals surface area (Å²) in [6.45, 7) is 2.51. The smallest absolute Gasteiger partial charge is 0.0609 e. The molecule has 0 bridgehead atoms. The number of benzene rings is 2. The van der Waals surface area contributed by atoms with E-state index in [9.17, 15) is 0 Å². The molecule has 0 aliphatic rings. The van der Waals surface area contributed by atoms with Crippen LogP contribution in [-0.4, -0.2) is 6.21 Å². The number of rotatable bonds is 4. The fourth-order valence-corrected chi connectivity index (χ4v) is 3.44. The van der Waals surface area contributed by atoms with Crippen LogP contribution in [0.25, 0.3) is 0 Å². The van der Waals surface area contributed by atoms with Crippen LogP contribution < -0.4 is 5.43 Å². The van der Waals surface area contributed by atoms with Crippen molar-refractivity contribution in [2.45, 2.75) is 13.5 Å². The third-order valence-electron chi connectivity index (χ3n) is 2.93. The third-order valence-corrected chi connectivity index (χ3v) is 5.28. The third kappa shape index (κ3) is 4.46. The average Bonchev–Trinajstić information content (AvgIpc) is 2.43. The molecule has 2 aromatic carbocycles. The Kier molecular flexibility index (Phi) is 6.11. The zero-order chi connectivity index (χ0) is 15.4. The van der Waals surface area contributed by atoms with Crippen molar-refractivity contribution in [2.75, 3.05) is 0 Å². The molecule has 1 N–H and O–H groups in total. The molecule has 0 amide bonds. The molecule has 0 atom stereocenters. The van der Waals surface area contributed by atoms with Gasteiger partial charge in [0.2, 0.25) is 0 Å². The fourth-order valence-electron chi connectivity index (χ4n) is 1.69. The molecule has 21 heavy (non-hydrogen) atoms. The van der Waals surface area contributed by atoms with Gasteiger partial charge in [-0.1, -0.05) is 61.1 Å². The van der Waals surface area contributed by atoms with Gasteiger partial charge in [-0.3, -0.25) is 0 Å². The topological polar surface area (TPSA) is 24.4 Å². The fraction of sp³-hybridized carbons (Fsp3) is 0.133. The predicted molar refractivity (Wildman–Crippen MR) is 97.5 cm³/mol. The van der Waals surface area contributed by atoms with Crippen molar-refractivity contribution in [1.29, 1.82) is 0 Å². The van der Waals surface area contributed by atoms with E-state index in [0.717, 1.165) is 25.6 Å². The Balaban J connectivity index is 2.03. The quantitative estimate of drug-likeness (QED) is 0.451. The number of halogens is 4. The minimum Gasteiger partial charge on any atom is -0.306 e. The SMILES string of the molecule is Cc1c(Br)cc(/C=N\NCc2c(Cl)cccc2Cl)cc1Br. The minimum absolute atomic E-state index is 0.475. The summed E-state index contributed by atoms with van der Waals surface area (Å²) < 4.78 is 2.07. The number of hydrogen-bond donors (Lipinski definition) is 1. The molecule has 0 saturated carbocycles. The van der Waals surface area contributed by atoms with Crippen molar-refractivity contribution in [2.24, 2.45) is 5.10 Å². The molecule has 2 rings (SSSR count). The van der Waals surface area contributed by atoms with Crippen LogP contribution >= 0.6 is 55.1 Å². The first-order valence-corrected chi connectivity index (χ1v) is 8.47. The molecule has 0 heterocycles. The normalized spacial score (nSPS) is 11.1. The summed E-state index contributed by atoms with van der Waals surface area (Å²) in [7, 11) is 0. The number of hydrogen-bond acceptors (Lipinski definition) is 2. The lowest BCUT2D eigenvalue weighted by atomic mass is 10.2. The van der Waals surface area contributed by atoms with Gasteiger partial charge >= 0.3 is 0 Å². The zero-order valence-electron chi connectivity index (χ0n) is 11.1. The van der Waals surface area contributed by atoms with Crippen molar-refractivity contribution < 1.29 is 0 Å². The standard InChI is InChI=1S/C15H12Br2Cl2N2/c1-9-12(16)5-10(6-13(9)17)7-20-21-8-11-14(18)3-2-4-15(11)19/h2-7,21H,8H2,1H3/b20-7-. The first-order valence-electron chi connectivity index (χ1n) is 6.13. The molecule has 0 aliphatic carbocycles. The van der Waals surface area contributed by atoms with Crippen molar-refractivity contribution in [3.63, 3.8) is 0 Å². The number of nitrogens with zero attached hydrogens (tertiary/aromatic N) is 1. The van der Waals surface area contributed by atoms with Gasteiger partial charge in [-0.2, -0.15) is 5.10 Å². The van der Waals surface area contributed by atoms with E-state index in [1.165, 1.54) is 0 Å². The summed E-state index contributed by atoms with van der Waals surface area (Å²) in [6.07, 6.45) is 1.75. The van der Waals surface area contributed by atoms with Gasteiger partial charge in [-0.05, 0) is 42.3 Å². The Labute approximate surface area is 150 Å². The van der Waals surface area contributed by atoms with Crippen molar-refractivity contribution >= 4 is 61.3 Å². The Hall–Kier alpha value is -0.550. The highest BCUT2D eigenvalue weighted by molar-refractivity contribution is 9.11. The first-order chi connectivity index (χ1) is 9.99. The van der Waals surface area contributed by atoms with Gasteiger partial charge in [0.05, 0.1) is 12.8 Å². The van der Waals surface area contributed by atoms with Crippen LogP contribution in [0.3, 0.4) is 0 Å². The zero-order valence-corrected chi connectivity index (χ0v) is 15.8. The van der Waals surface area contributed by atoms with E-state index in [-0.39, 0.29) is 0 Å². The molecular weight excluding hydrogens is 439 g/mol. The van der Waals surface area contributed by atoms with Crippen LogP contribution in [0.15, 0.2) is 44.4 Å². The summed E-state index contributed by atoms with van der Waals surface area (Å²) in [5, 5.41) is 5.46. The van der Waals surface area contributed by atoms with E-state index in [1.807, 2.05) is 37.3 Å². The lowest BCUT2D eigenvalue weighted by Crippen LogP contribution is -2.06. The van der Waals surface area contributed by atoms with Gasteiger partial charge < -0.3 is 5.43 Å². The summed E-state index contributed by atoms with van der Waals surface area (Å²) in [6, 6.07) is 9.45. The van der Waals surface area contributed by atoms with Crippen LogP contribution in [0.5, 0.6) is 0 Å². The molecule has 0 radical (unpaired) electrons. The average molecular weight is 451 g/mol. The van der Waals surface area contributed by atoms with Crippen molar-refractivity contribution in [3.05, 3.63) is 66.0 Å². The lowest BCUT2D eigenvalue weighted by molar-refractivity contribution is 0.748. The molecule has 0 fully saturated rings. The lowest BCUT2D eigenvalue weighted by Gasteiger charge is -2.06. The summed E-state index contributed by atoms with van der Waals surface area (Å²) >= 11 is 19.2. The number of nitrogens with one attached hydrogen (secondary N) is 1. The van der Waals surface area contributed by atoms with Crippen molar-refractivity contribution in [3.8, 4) is 0 Å². The summed E-state index contributed by atoms with van der Waals surface area (Å²) in [5.41, 5.74) is 5.93. The highest BCUT2D eigenvalue weighted by Gasteiger charge is 2.04. The van der Waals surface area contributed by atoms with Crippen LogP contribution in [0.4, 0.5) is 0 Å². The first kappa shape index (κ1) is 16.8. The largest absolute Gasteiger partial charge is 0.306 e. The highest BCUT2D eigenvalue weighted by atomic mass is 79.9. The van der Waals surface area contributed by atoms with Gasteiger partial charge in [0, 0.05) is 24.6 Å². The molecular formula is C15H12Br2Cl2N2.